The van der Waals surface area contributed by atoms with E-state index in [2.05, 4.69) is 20.4 Å². The number of carbonyl (C=O) groups excluding carboxylic acids is 1. The minimum Gasteiger partial charge on any atom is -0.494 e. The van der Waals surface area contributed by atoms with E-state index in [4.69, 9.17) is 16.3 Å². The number of halogens is 4. The van der Waals surface area contributed by atoms with Crippen molar-refractivity contribution in [2.75, 3.05) is 11.9 Å². The molecule has 2 atom stereocenters. The van der Waals surface area contributed by atoms with E-state index in [0.29, 0.717) is 34.3 Å². The molecule has 33 heavy (non-hydrogen) atoms. The van der Waals surface area contributed by atoms with E-state index >= 15 is 0 Å². The van der Waals surface area contributed by atoms with Gasteiger partial charge in [-0.3, -0.25) is 4.79 Å². The fourth-order valence-electron chi connectivity index (χ4n) is 3.64. The SMILES string of the molecule is CCOc1ccc(C2C(C(=O)Nc3ccc(Cl)cc3)C(C)=Nc3nc(C(F)(F)F)nn32)cc1. The molecule has 1 aliphatic rings. The van der Waals surface area contributed by atoms with Crippen molar-refractivity contribution in [3.63, 3.8) is 0 Å². The Morgan fingerprint density at radius 2 is 1.82 bits per heavy atom. The van der Waals surface area contributed by atoms with E-state index in [0.717, 1.165) is 4.68 Å². The average molecular weight is 478 g/mol. The maximum absolute atomic E-state index is 13.3. The van der Waals surface area contributed by atoms with Gasteiger partial charge in [-0.15, -0.1) is 5.10 Å². The molecule has 1 N–H and O–H groups in total. The highest BCUT2D eigenvalue weighted by molar-refractivity contribution is 6.30. The Bertz CT molecular complexity index is 1190. The van der Waals surface area contributed by atoms with E-state index in [1.807, 2.05) is 6.92 Å². The van der Waals surface area contributed by atoms with Crippen molar-refractivity contribution in [1.82, 2.24) is 14.8 Å². The molecule has 0 saturated carbocycles. The van der Waals surface area contributed by atoms with Gasteiger partial charge < -0.3 is 10.1 Å². The van der Waals surface area contributed by atoms with E-state index in [9.17, 15) is 18.0 Å². The molecule has 0 bridgehead atoms. The molecule has 172 valence electrons. The van der Waals surface area contributed by atoms with Gasteiger partial charge in [0.05, 0.1) is 12.6 Å². The predicted molar refractivity (Wildman–Crippen MR) is 117 cm³/mol. The maximum atomic E-state index is 13.3. The number of hydrogen-bond donors (Lipinski definition) is 1. The summed E-state index contributed by atoms with van der Waals surface area (Å²) in [5, 5.41) is 6.95. The lowest BCUT2D eigenvalue weighted by Gasteiger charge is -2.30. The third-order valence-electron chi connectivity index (χ3n) is 5.10. The van der Waals surface area contributed by atoms with Crippen molar-refractivity contribution in [3.05, 3.63) is 64.9 Å². The van der Waals surface area contributed by atoms with Crippen LogP contribution in [0.2, 0.25) is 5.02 Å². The van der Waals surface area contributed by atoms with Crippen molar-refractivity contribution in [2.45, 2.75) is 26.1 Å². The van der Waals surface area contributed by atoms with Crippen LogP contribution in [0.3, 0.4) is 0 Å². The number of aromatic nitrogens is 3. The fourth-order valence-corrected chi connectivity index (χ4v) is 3.77. The molecule has 0 radical (unpaired) electrons. The summed E-state index contributed by atoms with van der Waals surface area (Å²) in [6.45, 7) is 3.88. The largest absolute Gasteiger partial charge is 0.494 e. The molecular weight excluding hydrogens is 459 g/mol. The van der Waals surface area contributed by atoms with Crippen LogP contribution in [0.5, 0.6) is 5.75 Å². The Balaban J connectivity index is 1.77. The van der Waals surface area contributed by atoms with E-state index in [1.165, 1.54) is 0 Å². The third-order valence-corrected chi connectivity index (χ3v) is 5.35. The van der Waals surface area contributed by atoms with Gasteiger partial charge in [0.25, 0.3) is 5.82 Å². The Morgan fingerprint density at radius 1 is 1.15 bits per heavy atom. The first kappa shape index (κ1) is 22.8. The number of fused-ring (bicyclic) bond motifs is 1. The maximum Gasteiger partial charge on any atom is 0.453 e. The van der Waals surface area contributed by atoms with Crippen LogP contribution in [0.4, 0.5) is 24.8 Å². The molecule has 0 saturated heterocycles. The number of nitrogens with zero attached hydrogens (tertiary/aromatic N) is 4. The normalized spacial score (nSPS) is 17.8. The minimum absolute atomic E-state index is 0.214. The van der Waals surface area contributed by atoms with E-state index in [-0.39, 0.29) is 5.95 Å². The van der Waals surface area contributed by atoms with Gasteiger partial charge in [-0.05, 0) is 55.8 Å². The van der Waals surface area contributed by atoms with Crippen LogP contribution in [-0.2, 0) is 11.0 Å². The summed E-state index contributed by atoms with van der Waals surface area (Å²) in [6, 6.07) is 12.4. The quantitative estimate of drug-likeness (QED) is 0.540. The Hall–Kier alpha value is -3.40. The standard InChI is InChI=1S/C22H19ClF3N5O2/c1-3-33-16-10-4-13(5-11-16)18-17(19(32)28-15-8-6-14(23)7-9-15)12(2)27-21-29-20(22(24,25)26)30-31(18)21/h4-11,17-18H,3H2,1-2H3,(H,28,32). The molecule has 3 aromatic rings. The number of hydrogen-bond acceptors (Lipinski definition) is 5. The molecule has 4 rings (SSSR count). The van der Waals surface area contributed by atoms with Crippen LogP contribution in [0.1, 0.15) is 31.3 Å². The number of nitrogens with one attached hydrogen (secondary N) is 1. The molecule has 2 aromatic carbocycles. The number of amides is 1. The van der Waals surface area contributed by atoms with Crippen molar-refractivity contribution in [1.29, 1.82) is 0 Å². The molecule has 7 nitrogen and oxygen atoms in total. The molecule has 0 fully saturated rings. The summed E-state index contributed by atoms with van der Waals surface area (Å²) < 4.78 is 46.5. The number of anilines is 1. The summed E-state index contributed by atoms with van der Waals surface area (Å²) in [5.41, 5.74) is 1.36. The van der Waals surface area contributed by atoms with Gasteiger partial charge in [-0.1, -0.05) is 23.7 Å². The Labute approximate surface area is 192 Å². The zero-order valence-electron chi connectivity index (χ0n) is 17.6. The van der Waals surface area contributed by atoms with E-state index in [1.54, 1.807) is 55.5 Å². The molecule has 11 heteroatoms. The summed E-state index contributed by atoms with van der Waals surface area (Å²) in [6.07, 6.45) is -4.75. The summed E-state index contributed by atoms with van der Waals surface area (Å²) in [5.74, 6) is -2.32. The monoisotopic (exact) mass is 477 g/mol. The third kappa shape index (κ3) is 4.70. The van der Waals surface area contributed by atoms with Gasteiger partial charge in [-0.25, -0.2) is 9.67 Å². The smallest absolute Gasteiger partial charge is 0.453 e. The summed E-state index contributed by atoms with van der Waals surface area (Å²) in [7, 11) is 0. The second-order valence-corrected chi connectivity index (χ2v) is 7.79. The zero-order valence-corrected chi connectivity index (χ0v) is 18.4. The molecule has 0 spiro atoms. The van der Waals surface area contributed by atoms with Crippen LogP contribution in [0.25, 0.3) is 0 Å². The highest BCUT2D eigenvalue weighted by Gasteiger charge is 2.43. The summed E-state index contributed by atoms with van der Waals surface area (Å²) in [4.78, 5) is 21.0. The number of rotatable bonds is 5. The molecule has 2 heterocycles. The number of carbonyl (C=O) groups is 1. The van der Waals surface area contributed by atoms with Crippen molar-refractivity contribution >= 4 is 34.9 Å². The molecule has 1 aromatic heterocycles. The van der Waals surface area contributed by atoms with Crippen LogP contribution in [0, 0.1) is 5.92 Å². The van der Waals surface area contributed by atoms with Crippen molar-refractivity contribution in [2.24, 2.45) is 10.9 Å². The molecule has 1 amide bonds. The van der Waals surface area contributed by atoms with Gasteiger partial charge >= 0.3 is 6.18 Å². The van der Waals surface area contributed by atoms with Gasteiger partial charge in [0.2, 0.25) is 11.9 Å². The lowest BCUT2D eigenvalue weighted by molar-refractivity contribution is -0.145. The molecular formula is C22H19ClF3N5O2. The molecule has 2 unspecified atom stereocenters. The minimum atomic E-state index is -4.75. The summed E-state index contributed by atoms with van der Waals surface area (Å²) >= 11 is 5.90. The number of aliphatic imine (C=N–C) groups is 1. The molecule has 0 aliphatic carbocycles. The fraction of sp³-hybridized carbons (Fsp3) is 0.273. The van der Waals surface area contributed by atoms with Crippen LogP contribution >= 0.6 is 11.6 Å². The van der Waals surface area contributed by atoms with E-state index < -0.39 is 29.9 Å². The average Bonchev–Trinajstić information content (AvgIpc) is 3.19. The van der Waals surface area contributed by atoms with Crippen molar-refractivity contribution in [3.8, 4) is 5.75 Å². The number of benzene rings is 2. The Kier molecular flexibility index (Phi) is 6.11. The highest BCUT2D eigenvalue weighted by atomic mass is 35.5. The van der Waals surface area contributed by atoms with Gasteiger partial charge in [0.1, 0.15) is 11.7 Å². The zero-order chi connectivity index (χ0) is 23.8. The van der Waals surface area contributed by atoms with Gasteiger partial charge in [0.15, 0.2) is 0 Å². The number of ether oxygens (including phenoxy) is 1. The van der Waals surface area contributed by atoms with Crippen LogP contribution in [0.15, 0.2) is 53.5 Å². The first-order chi connectivity index (χ1) is 15.7. The first-order valence-corrected chi connectivity index (χ1v) is 10.4. The number of alkyl halides is 3. The van der Waals surface area contributed by atoms with Gasteiger partial charge in [0, 0.05) is 16.4 Å². The topological polar surface area (TPSA) is 81.4 Å². The van der Waals surface area contributed by atoms with Gasteiger partial charge in [-0.2, -0.15) is 18.2 Å². The second-order valence-electron chi connectivity index (χ2n) is 7.35. The highest BCUT2D eigenvalue weighted by Crippen LogP contribution is 2.39. The van der Waals surface area contributed by atoms with Crippen LogP contribution < -0.4 is 10.1 Å². The lowest BCUT2D eigenvalue weighted by atomic mass is 9.87. The lowest BCUT2D eigenvalue weighted by Crippen LogP contribution is -2.39. The predicted octanol–water partition coefficient (Wildman–Crippen LogP) is 5.30. The molecule has 1 aliphatic heterocycles. The first-order valence-electron chi connectivity index (χ1n) is 10.1. The van der Waals surface area contributed by atoms with Crippen LogP contribution in [-0.4, -0.2) is 33.0 Å². The van der Waals surface area contributed by atoms with Crippen molar-refractivity contribution < 1.29 is 22.7 Å². The Morgan fingerprint density at radius 3 is 2.42 bits per heavy atom. The second kappa shape index (κ2) is 8.86.